The van der Waals surface area contributed by atoms with Crippen LogP contribution >= 0.6 is 46.3 Å². The van der Waals surface area contributed by atoms with Crippen LogP contribution < -0.4 is 10.1 Å². The van der Waals surface area contributed by atoms with Crippen LogP contribution in [0.4, 0.5) is 5.13 Å². The lowest BCUT2D eigenvalue weighted by Gasteiger charge is -2.12. The largest absolute Gasteiger partial charge is 0.489 e. The zero-order chi connectivity index (χ0) is 15.9. The van der Waals surface area contributed by atoms with E-state index >= 15 is 0 Å². The third kappa shape index (κ3) is 5.48. The number of hydrogen-bond donors (Lipinski definition) is 2. The van der Waals surface area contributed by atoms with Gasteiger partial charge in [0.2, 0.25) is 5.13 Å². The van der Waals surface area contributed by atoms with E-state index in [1.54, 1.807) is 18.2 Å². The van der Waals surface area contributed by atoms with Gasteiger partial charge in [0.05, 0.1) is 11.1 Å². The molecule has 5 nitrogen and oxygen atoms in total. The van der Waals surface area contributed by atoms with E-state index in [1.165, 1.54) is 23.1 Å². The molecule has 2 aromatic rings. The number of halogens is 2. The molecule has 0 saturated heterocycles. The number of nitrogens with one attached hydrogen (secondary N) is 1. The number of anilines is 1. The van der Waals surface area contributed by atoms with Gasteiger partial charge in [-0.3, -0.25) is 0 Å². The highest BCUT2D eigenvalue weighted by atomic mass is 35.5. The molecule has 0 fully saturated rings. The molecule has 1 heterocycles. The summed E-state index contributed by atoms with van der Waals surface area (Å²) in [6, 6.07) is 4.96. The quantitative estimate of drug-likeness (QED) is 0.679. The molecule has 22 heavy (non-hydrogen) atoms. The van der Waals surface area contributed by atoms with Crippen molar-refractivity contribution >= 4 is 51.4 Å². The zero-order valence-electron chi connectivity index (χ0n) is 11.8. The number of rotatable bonds is 8. The number of hydrogen-bond acceptors (Lipinski definition) is 7. The predicted molar refractivity (Wildman–Crippen MR) is 92.8 cm³/mol. The zero-order valence-corrected chi connectivity index (χ0v) is 14.9. The smallest absolute Gasteiger partial charge is 0.206 e. The number of aromatic nitrogens is 2. The summed E-state index contributed by atoms with van der Waals surface area (Å²) in [6.07, 6.45) is -0.647. The summed E-state index contributed by atoms with van der Waals surface area (Å²) in [5.41, 5.74) is 0. The number of aliphatic hydroxyl groups excluding tert-OH is 1. The fourth-order valence-corrected chi connectivity index (χ4v) is 3.57. The van der Waals surface area contributed by atoms with E-state index in [2.05, 4.69) is 15.5 Å². The number of nitrogens with zero attached hydrogens (tertiary/aromatic N) is 2. The molecule has 1 aromatic heterocycles. The molecule has 120 valence electrons. The average Bonchev–Trinajstić information content (AvgIpc) is 2.94. The Morgan fingerprint density at radius 1 is 1.41 bits per heavy atom. The second-order valence-corrected chi connectivity index (χ2v) is 7.34. The van der Waals surface area contributed by atoms with Crippen LogP contribution in [0.2, 0.25) is 10.0 Å². The molecule has 0 amide bonds. The van der Waals surface area contributed by atoms with Gasteiger partial charge < -0.3 is 15.2 Å². The summed E-state index contributed by atoms with van der Waals surface area (Å²) in [5.74, 6) is 0.919. The molecule has 0 aliphatic carbocycles. The van der Waals surface area contributed by atoms with E-state index in [9.17, 15) is 5.11 Å². The second kappa shape index (κ2) is 8.79. The van der Waals surface area contributed by atoms with Crippen LogP contribution in [-0.2, 0) is 0 Å². The van der Waals surface area contributed by atoms with Crippen molar-refractivity contribution in [2.45, 2.75) is 17.4 Å². The van der Waals surface area contributed by atoms with Crippen LogP contribution in [0, 0.1) is 0 Å². The van der Waals surface area contributed by atoms with Gasteiger partial charge in [-0.15, -0.1) is 10.2 Å². The lowest BCUT2D eigenvalue weighted by molar-refractivity contribution is 0.126. The fraction of sp³-hybridized carbons (Fsp3) is 0.385. The number of benzene rings is 1. The Bertz CT molecular complexity index is 613. The minimum Gasteiger partial charge on any atom is -0.489 e. The topological polar surface area (TPSA) is 67.3 Å². The Kier molecular flexibility index (Phi) is 7.04. The molecule has 9 heteroatoms. The Balaban J connectivity index is 1.77. The molecule has 0 radical (unpaired) electrons. The predicted octanol–water partition coefficient (Wildman–Crippen LogP) is 3.81. The van der Waals surface area contributed by atoms with E-state index in [0.29, 0.717) is 21.5 Å². The van der Waals surface area contributed by atoms with Gasteiger partial charge in [0, 0.05) is 23.4 Å². The molecule has 0 aliphatic rings. The first-order valence-corrected chi connectivity index (χ1v) is 9.10. The normalized spacial score (nSPS) is 12.2. The monoisotopic (exact) mass is 379 g/mol. The molecule has 0 saturated carbocycles. The van der Waals surface area contributed by atoms with E-state index < -0.39 is 6.10 Å². The maximum absolute atomic E-state index is 9.96. The van der Waals surface area contributed by atoms with E-state index in [1.807, 2.05) is 6.92 Å². The second-order valence-electron chi connectivity index (χ2n) is 4.25. The highest BCUT2D eigenvalue weighted by Crippen LogP contribution is 2.29. The highest BCUT2D eigenvalue weighted by Gasteiger charge is 2.11. The molecule has 2 rings (SSSR count). The van der Waals surface area contributed by atoms with Gasteiger partial charge >= 0.3 is 0 Å². The molecule has 0 aliphatic heterocycles. The van der Waals surface area contributed by atoms with Crippen molar-refractivity contribution in [2.75, 3.05) is 24.2 Å². The van der Waals surface area contributed by atoms with Crippen molar-refractivity contribution < 1.29 is 9.84 Å². The summed E-state index contributed by atoms with van der Waals surface area (Å²) in [6.45, 7) is 2.93. The number of thioether (sulfide) groups is 1. The van der Waals surface area contributed by atoms with Crippen LogP contribution in [0.15, 0.2) is 22.5 Å². The first-order chi connectivity index (χ1) is 10.6. The Hall–Kier alpha value is -0.730. The van der Waals surface area contributed by atoms with Crippen LogP contribution in [0.25, 0.3) is 0 Å². The molecule has 0 spiro atoms. The molecule has 0 unspecified atom stereocenters. The fourth-order valence-electron chi connectivity index (χ4n) is 1.48. The number of aliphatic hydroxyl groups is 1. The van der Waals surface area contributed by atoms with Gasteiger partial charge in [0.1, 0.15) is 12.4 Å². The standard InChI is InChI=1S/C13H15Cl2N3O2S2/c1-2-16-12-17-18-13(22-12)21-7-9(19)6-20-11-5-8(14)3-4-10(11)15/h3-5,9,19H,2,6-7H2,1H3,(H,16,17)/t9-/m1/s1. The summed E-state index contributed by atoms with van der Waals surface area (Å²) >= 11 is 14.8. The third-order valence-electron chi connectivity index (χ3n) is 2.46. The molecule has 0 bridgehead atoms. The van der Waals surface area contributed by atoms with E-state index in [-0.39, 0.29) is 6.61 Å². The molecular formula is C13H15Cl2N3O2S2. The van der Waals surface area contributed by atoms with Gasteiger partial charge in [0.15, 0.2) is 4.34 Å². The Morgan fingerprint density at radius 2 is 2.23 bits per heavy atom. The van der Waals surface area contributed by atoms with Gasteiger partial charge in [0.25, 0.3) is 0 Å². The van der Waals surface area contributed by atoms with Crippen LogP contribution in [0.5, 0.6) is 5.75 Å². The SMILES string of the molecule is CCNc1nnc(SC[C@H](O)COc2cc(Cl)ccc2Cl)s1. The Labute approximate surface area is 147 Å². The van der Waals surface area contributed by atoms with Crippen molar-refractivity contribution in [1.82, 2.24) is 10.2 Å². The summed E-state index contributed by atoms with van der Waals surface area (Å²) in [5, 5.41) is 22.8. The van der Waals surface area contributed by atoms with Crippen LogP contribution in [0.1, 0.15) is 6.92 Å². The third-order valence-corrected chi connectivity index (χ3v) is 5.16. The molecule has 1 atom stereocenters. The van der Waals surface area contributed by atoms with Gasteiger partial charge in [-0.1, -0.05) is 46.3 Å². The average molecular weight is 380 g/mol. The van der Waals surface area contributed by atoms with Gasteiger partial charge in [-0.25, -0.2) is 0 Å². The minimum absolute atomic E-state index is 0.131. The molecular weight excluding hydrogens is 365 g/mol. The maximum atomic E-state index is 9.96. The summed E-state index contributed by atoms with van der Waals surface area (Å²) in [7, 11) is 0. The summed E-state index contributed by atoms with van der Waals surface area (Å²) < 4.78 is 6.29. The molecule has 1 aromatic carbocycles. The minimum atomic E-state index is -0.647. The van der Waals surface area contributed by atoms with Crippen molar-refractivity contribution in [3.05, 3.63) is 28.2 Å². The van der Waals surface area contributed by atoms with Crippen molar-refractivity contribution in [2.24, 2.45) is 0 Å². The first-order valence-electron chi connectivity index (χ1n) is 6.54. The van der Waals surface area contributed by atoms with Gasteiger partial charge in [-0.2, -0.15) is 0 Å². The van der Waals surface area contributed by atoms with Crippen molar-refractivity contribution in [3.8, 4) is 5.75 Å². The Morgan fingerprint density at radius 3 is 3.00 bits per heavy atom. The van der Waals surface area contributed by atoms with Crippen molar-refractivity contribution in [1.29, 1.82) is 0 Å². The summed E-state index contributed by atoms with van der Waals surface area (Å²) in [4.78, 5) is 0. The van der Waals surface area contributed by atoms with Crippen LogP contribution in [-0.4, -0.2) is 40.3 Å². The first kappa shape index (κ1) is 17.6. The lowest BCUT2D eigenvalue weighted by atomic mass is 10.3. The van der Waals surface area contributed by atoms with Crippen molar-refractivity contribution in [3.63, 3.8) is 0 Å². The number of ether oxygens (including phenoxy) is 1. The maximum Gasteiger partial charge on any atom is 0.206 e. The van der Waals surface area contributed by atoms with Crippen LogP contribution in [0.3, 0.4) is 0 Å². The lowest BCUT2D eigenvalue weighted by Crippen LogP contribution is -2.20. The molecule has 2 N–H and O–H groups in total. The highest BCUT2D eigenvalue weighted by molar-refractivity contribution is 8.01. The van der Waals surface area contributed by atoms with E-state index in [0.717, 1.165) is 16.0 Å². The van der Waals surface area contributed by atoms with Gasteiger partial charge in [-0.05, 0) is 19.1 Å². The van der Waals surface area contributed by atoms with E-state index in [4.69, 9.17) is 27.9 Å².